The zero-order chi connectivity index (χ0) is 18.6. The van der Waals surface area contributed by atoms with Gasteiger partial charge in [-0.05, 0) is 26.7 Å². The van der Waals surface area contributed by atoms with E-state index in [1.807, 2.05) is 0 Å². The molecule has 0 aromatic carbocycles. The molecule has 2 bridgehead atoms. The van der Waals surface area contributed by atoms with E-state index in [0.29, 0.717) is 12.8 Å². The second-order valence-electron chi connectivity index (χ2n) is 7.70. The molecule has 7 atom stereocenters. The number of esters is 3. The fraction of sp³-hybridized carbons (Fsp3) is 0.706. The molecule has 0 aromatic rings. The SMILES string of the molecule is CC(=O)O[C@@H]1[C@]2(C)O[C@H]2CC[C@@]23O[C@@H]2[C@H](OC3=O)C2=C(C)C(=O)O[C@@]21O. The van der Waals surface area contributed by atoms with Crippen molar-refractivity contribution in [3.8, 4) is 0 Å². The van der Waals surface area contributed by atoms with Crippen LogP contribution in [-0.2, 0) is 38.1 Å². The van der Waals surface area contributed by atoms with Crippen molar-refractivity contribution in [2.45, 2.75) is 75.0 Å². The summed E-state index contributed by atoms with van der Waals surface area (Å²) in [5.74, 6) is -4.24. The van der Waals surface area contributed by atoms with Gasteiger partial charge in [-0.25, -0.2) is 9.59 Å². The van der Waals surface area contributed by atoms with E-state index in [-0.39, 0.29) is 17.3 Å². The third kappa shape index (κ3) is 1.73. The molecule has 5 rings (SSSR count). The number of hydrogen-bond donors (Lipinski definition) is 1. The van der Waals surface area contributed by atoms with Gasteiger partial charge < -0.3 is 28.8 Å². The monoisotopic (exact) mass is 366 g/mol. The van der Waals surface area contributed by atoms with Crippen molar-refractivity contribution in [3.05, 3.63) is 11.1 Å². The van der Waals surface area contributed by atoms with Crippen molar-refractivity contribution in [1.82, 2.24) is 0 Å². The molecule has 3 saturated heterocycles. The third-order valence-electron chi connectivity index (χ3n) is 6.14. The molecular formula is C17H18O9. The van der Waals surface area contributed by atoms with Gasteiger partial charge in [0.05, 0.1) is 11.7 Å². The number of aliphatic hydroxyl groups is 1. The molecule has 140 valence electrons. The Labute approximate surface area is 148 Å². The first kappa shape index (κ1) is 16.2. The first-order valence-corrected chi connectivity index (χ1v) is 8.54. The first-order valence-electron chi connectivity index (χ1n) is 8.54. The van der Waals surface area contributed by atoms with E-state index in [1.54, 1.807) is 6.92 Å². The third-order valence-corrected chi connectivity index (χ3v) is 6.14. The molecule has 4 fully saturated rings. The summed E-state index contributed by atoms with van der Waals surface area (Å²) in [5, 5.41) is 11.4. The van der Waals surface area contributed by atoms with Gasteiger partial charge in [0.1, 0.15) is 11.7 Å². The van der Waals surface area contributed by atoms with Crippen molar-refractivity contribution < 1.29 is 43.2 Å². The molecule has 1 N–H and O–H groups in total. The molecule has 0 aromatic heterocycles. The molecule has 0 amide bonds. The minimum Gasteiger partial charge on any atom is -0.452 e. The zero-order valence-electron chi connectivity index (χ0n) is 14.4. The smallest absolute Gasteiger partial charge is 0.342 e. The van der Waals surface area contributed by atoms with Crippen LogP contribution < -0.4 is 0 Å². The zero-order valence-corrected chi connectivity index (χ0v) is 14.4. The highest BCUT2D eigenvalue weighted by molar-refractivity contribution is 5.94. The number of carbonyl (C=O) groups is 3. The second-order valence-corrected chi connectivity index (χ2v) is 7.70. The maximum Gasteiger partial charge on any atom is 0.342 e. The summed E-state index contributed by atoms with van der Waals surface area (Å²) in [4.78, 5) is 36.3. The lowest BCUT2D eigenvalue weighted by atomic mass is 9.81. The molecule has 0 radical (unpaired) electrons. The molecule has 1 aliphatic carbocycles. The van der Waals surface area contributed by atoms with Crippen molar-refractivity contribution >= 4 is 17.9 Å². The maximum atomic E-state index is 12.4. The molecule has 9 nitrogen and oxygen atoms in total. The van der Waals surface area contributed by atoms with Crippen molar-refractivity contribution in [2.24, 2.45) is 0 Å². The van der Waals surface area contributed by atoms with Crippen LogP contribution >= 0.6 is 0 Å². The van der Waals surface area contributed by atoms with Crippen LogP contribution in [0.3, 0.4) is 0 Å². The summed E-state index contributed by atoms with van der Waals surface area (Å²) in [6.45, 7) is 4.34. The van der Waals surface area contributed by atoms with Gasteiger partial charge in [-0.3, -0.25) is 4.79 Å². The standard InChI is InChI=1S/C17H18O9/c1-6-9-10-11-16(25-11,14(20)23-10)5-4-8-15(3,24-8)13(22-7(2)18)17(9,21)26-12(6)19/h8,10-11,13,21H,4-5H2,1-3H3/t8-,10+,11+,13+,15+,16+,17-/m0/s1. The Morgan fingerprint density at radius 3 is 2.69 bits per heavy atom. The Bertz CT molecular complexity index is 802. The lowest BCUT2D eigenvalue weighted by Gasteiger charge is -2.36. The number of rotatable bonds is 1. The second kappa shape index (κ2) is 4.47. The van der Waals surface area contributed by atoms with Crippen LogP contribution in [0.5, 0.6) is 0 Å². The Balaban J connectivity index is 1.68. The van der Waals surface area contributed by atoms with E-state index in [1.165, 1.54) is 13.8 Å². The Morgan fingerprint density at radius 2 is 2.04 bits per heavy atom. The Kier molecular flexibility index (Phi) is 2.79. The summed E-state index contributed by atoms with van der Waals surface area (Å²) in [7, 11) is 0. The topological polar surface area (TPSA) is 124 Å². The van der Waals surface area contributed by atoms with E-state index in [9.17, 15) is 19.5 Å². The highest BCUT2D eigenvalue weighted by Crippen LogP contribution is 2.60. The lowest BCUT2D eigenvalue weighted by Crippen LogP contribution is -2.57. The fourth-order valence-corrected chi connectivity index (χ4v) is 4.66. The lowest BCUT2D eigenvalue weighted by molar-refractivity contribution is -0.240. The molecular weight excluding hydrogens is 348 g/mol. The van der Waals surface area contributed by atoms with E-state index < -0.39 is 53.2 Å². The largest absolute Gasteiger partial charge is 0.452 e. The quantitative estimate of drug-likeness (QED) is 0.371. The molecule has 26 heavy (non-hydrogen) atoms. The van der Waals surface area contributed by atoms with Crippen molar-refractivity contribution in [3.63, 3.8) is 0 Å². The minimum absolute atomic E-state index is 0.0591. The van der Waals surface area contributed by atoms with Gasteiger partial charge in [-0.15, -0.1) is 0 Å². The molecule has 0 spiro atoms. The predicted octanol–water partition coefficient (Wildman–Crippen LogP) is -0.506. The van der Waals surface area contributed by atoms with Gasteiger partial charge >= 0.3 is 17.9 Å². The Hall–Kier alpha value is -1.97. The highest BCUT2D eigenvalue weighted by atomic mass is 16.7. The molecule has 4 heterocycles. The summed E-state index contributed by atoms with van der Waals surface area (Å²) in [6, 6.07) is 0. The van der Waals surface area contributed by atoms with Gasteiger partial charge in [0.15, 0.2) is 11.7 Å². The summed E-state index contributed by atoms with van der Waals surface area (Å²) < 4.78 is 27.5. The molecule has 5 aliphatic rings. The first-order chi connectivity index (χ1) is 12.1. The molecule has 0 unspecified atom stereocenters. The average Bonchev–Trinajstić information content (AvgIpc) is 3.39. The van der Waals surface area contributed by atoms with Gasteiger partial charge in [0.2, 0.25) is 6.10 Å². The van der Waals surface area contributed by atoms with Gasteiger partial charge in [-0.2, -0.15) is 0 Å². The Morgan fingerprint density at radius 1 is 1.31 bits per heavy atom. The van der Waals surface area contributed by atoms with Crippen LogP contribution in [0.4, 0.5) is 0 Å². The van der Waals surface area contributed by atoms with Gasteiger partial charge in [0, 0.05) is 12.5 Å². The van der Waals surface area contributed by atoms with Gasteiger partial charge in [-0.1, -0.05) is 0 Å². The van der Waals surface area contributed by atoms with Crippen LogP contribution in [0, 0.1) is 0 Å². The van der Waals surface area contributed by atoms with Crippen LogP contribution in [0.1, 0.15) is 33.6 Å². The molecule has 4 aliphatic heterocycles. The number of carbonyl (C=O) groups excluding carboxylic acids is 3. The number of fused-ring (bicyclic) bond motifs is 3. The molecule has 1 saturated carbocycles. The fourth-order valence-electron chi connectivity index (χ4n) is 4.66. The minimum atomic E-state index is -2.29. The van der Waals surface area contributed by atoms with E-state index in [2.05, 4.69) is 0 Å². The van der Waals surface area contributed by atoms with Crippen LogP contribution in [-0.4, -0.2) is 64.4 Å². The van der Waals surface area contributed by atoms with Crippen LogP contribution in [0.2, 0.25) is 0 Å². The average molecular weight is 366 g/mol. The normalized spacial score (nSPS) is 50.9. The number of epoxide rings is 2. The van der Waals surface area contributed by atoms with Crippen LogP contribution in [0.25, 0.3) is 0 Å². The maximum absolute atomic E-state index is 12.4. The predicted molar refractivity (Wildman–Crippen MR) is 79.3 cm³/mol. The van der Waals surface area contributed by atoms with Crippen molar-refractivity contribution in [1.29, 1.82) is 0 Å². The highest BCUT2D eigenvalue weighted by Gasteiger charge is 2.79. The van der Waals surface area contributed by atoms with E-state index >= 15 is 0 Å². The summed E-state index contributed by atoms with van der Waals surface area (Å²) >= 11 is 0. The molecule has 9 heteroatoms. The van der Waals surface area contributed by atoms with Crippen molar-refractivity contribution in [2.75, 3.05) is 0 Å². The summed E-state index contributed by atoms with van der Waals surface area (Å²) in [6.07, 6.45) is -2.42. The number of hydrogen-bond acceptors (Lipinski definition) is 9. The number of ether oxygens (including phenoxy) is 5. The van der Waals surface area contributed by atoms with E-state index in [4.69, 9.17) is 23.7 Å². The summed E-state index contributed by atoms with van der Waals surface area (Å²) in [5.41, 5.74) is -1.96. The van der Waals surface area contributed by atoms with Crippen LogP contribution in [0.15, 0.2) is 11.1 Å². The van der Waals surface area contributed by atoms with E-state index in [0.717, 1.165) is 0 Å². The van der Waals surface area contributed by atoms with Gasteiger partial charge in [0.25, 0.3) is 5.79 Å².